The fourth-order valence-corrected chi connectivity index (χ4v) is 11.8. The van der Waals surface area contributed by atoms with Crippen molar-refractivity contribution < 1.29 is 26.4 Å². The van der Waals surface area contributed by atoms with Gasteiger partial charge in [-0.25, -0.2) is 19.0 Å². The van der Waals surface area contributed by atoms with Crippen LogP contribution in [0.4, 0.5) is 21.0 Å². The molecule has 4 aliphatic rings. The van der Waals surface area contributed by atoms with Crippen molar-refractivity contribution >= 4 is 43.5 Å². The highest BCUT2D eigenvalue weighted by molar-refractivity contribution is 7.90. The lowest BCUT2D eigenvalue weighted by molar-refractivity contribution is 0.255. The minimum absolute atomic E-state index is 0.0628. The number of benzene rings is 4. The van der Waals surface area contributed by atoms with Crippen LogP contribution in [0.5, 0.6) is 0 Å². The molecular formula is C47H48N8O6S2. The molecule has 0 radical (unpaired) electrons. The van der Waals surface area contributed by atoms with Gasteiger partial charge in [0.1, 0.15) is 0 Å². The number of hydrogen-bond donors (Lipinski definition) is 4. The van der Waals surface area contributed by atoms with Crippen LogP contribution in [-0.2, 0) is 71.5 Å². The molecule has 0 saturated heterocycles. The molecule has 4 amide bonds. The first-order valence-electron chi connectivity index (χ1n) is 21.6. The number of rotatable bonds is 11. The number of fused-ring (bicyclic) bond motifs is 4. The van der Waals surface area contributed by atoms with Gasteiger partial charge in [0.2, 0.25) is 0 Å². The van der Waals surface area contributed by atoms with E-state index in [0.717, 1.165) is 120 Å². The molecule has 63 heavy (non-hydrogen) atoms. The van der Waals surface area contributed by atoms with Crippen molar-refractivity contribution in [3.8, 4) is 0 Å². The highest BCUT2D eigenvalue weighted by Gasteiger charge is 2.33. The van der Waals surface area contributed by atoms with Crippen LogP contribution in [0.2, 0.25) is 0 Å². The molecule has 0 fully saturated rings. The summed E-state index contributed by atoms with van der Waals surface area (Å²) in [4.78, 5) is 26.6. The highest BCUT2D eigenvalue weighted by Crippen LogP contribution is 2.46. The molecule has 2 atom stereocenters. The summed E-state index contributed by atoms with van der Waals surface area (Å²) in [6, 6.07) is 23.1. The summed E-state index contributed by atoms with van der Waals surface area (Å²) in [7, 11) is -8.49. The van der Waals surface area contributed by atoms with E-state index < -0.39 is 32.1 Å². The van der Waals surface area contributed by atoms with Crippen molar-refractivity contribution in [1.29, 1.82) is 0 Å². The fraction of sp³-hybridized carbons (Fsp3) is 0.319. The first-order valence-corrected chi connectivity index (χ1v) is 24.6. The molecule has 0 aliphatic heterocycles. The van der Waals surface area contributed by atoms with Crippen molar-refractivity contribution in [2.45, 2.75) is 106 Å². The van der Waals surface area contributed by atoms with E-state index in [0.29, 0.717) is 18.7 Å². The molecule has 2 unspecified atom stereocenters. The molecule has 16 heteroatoms. The predicted octanol–water partition coefficient (Wildman–Crippen LogP) is 7.30. The monoisotopic (exact) mass is 884 g/mol. The van der Waals surface area contributed by atoms with Crippen molar-refractivity contribution in [1.82, 2.24) is 29.0 Å². The molecule has 2 aromatic heterocycles. The van der Waals surface area contributed by atoms with Gasteiger partial charge in [0.25, 0.3) is 20.0 Å². The van der Waals surface area contributed by atoms with Gasteiger partial charge < -0.3 is 10.6 Å². The Kier molecular flexibility index (Phi) is 10.4. The van der Waals surface area contributed by atoms with Crippen LogP contribution in [-0.4, -0.2) is 48.5 Å². The molecule has 0 saturated carbocycles. The summed E-state index contributed by atoms with van der Waals surface area (Å²) < 4.78 is 60.8. The van der Waals surface area contributed by atoms with Crippen molar-refractivity contribution in [2.75, 3.05) is 10.6 Å². The fourth-order valence-electron chi connectivity index (χ4n) is 10.1. The molecule has 0 spiro atoms. The number of carbonyl (C=O) groups is 2. The summed E-state index contributed by atoms with van der Waals surface area (Å²) in [5.74, 6) is 0.0628. The van der Waals surface area contributed by atoms with E-state index >= 15 is 0 Å². The third-order valence-electron chi connectivity index (χ3n) is 13.2. The largest absolute Gasteiger partial charge is 0.333 e. The second-order valence-corrected chi connectivity index (χ2v) is 20.3. The number of urea groups is 2. The lowest BCUT2D eigenvalue weighted by Gasteiger charge is -2.19. The first kappa shape index (κ1) is 40.8. The zero-order valence-electron chi connectivity index (χ0n) is 34.9. The standard InChI is InChI=1S/C47H48N8O6S2/c1-29(55-25-23-43(51-55)63(60,61)53-46(56)48-44-37-13-5-10-33(37)26-34-11-6-14-38(34)44)31-16-18-32(19-17-31)36-20-21-40-41(36)27-35-12-7-15-39(35)45(40)49-47(57)52-62(58,59)42-22-24-54(50-42)28-30-8-3-2-4-9-30/h2-4,8-9,16-19,22-27,29,36H,5-7,10-15,20-21,28H2,1H3,(H2,48,53,56)(H2,49,52,57). The average molecular weight is 885 g/mol. The van der Waals surface area contributed by atoms with Crippen molar-refractivity contribution in [2.24, 2.45) is 0 Å². The SMILES string of the molecule is CC(c1ccc(C2CCc3c2cc2c(c3NC(=O)NS(=O)(=O)c3ccn(Cc4ccccc4)n3)CCC2)cc1)n1ccc(S(=O)(=O)NC(=O)Nc2c3c(cc4c2CCC4)CCC3)n1. The van der Waals surface area contributed by atoms with Gasteiger partial charge in [-0.1, -0.05) is 66.7 Å². The number of hydrogen-bond acceptors (Lipinski definition) is 8. The summed E-state index contributed by atoms with van der Waals surface area (Å²) in [6.07, 6.45) is 13.0. The molecule has 14 nitrogen and oxygen atoms in total. The van der Waals surface area contributed by atoms with Gasteiger partial charge in [0, 0.05) is 29.7 Å². The first-order chi connectivity index (χ1) is 30.4. The van der Waals surface area contributed by atoms with Crippen LogP contribution >= 0.6 is 0 Å². The Labute approximate surface area is 366 Å². The maximum Gasteiger partial charge on any atom is 0.333 e. The molecule has 2 heterocycles. The molecule has 4 N–H and O–H groups in total. The van der Waals surface area contributed by atoms with Gasteiger partial charge in [-0.05, 0) is 151 Å². The topological polar surface area (TPSA) is 186 Å². The molecule has 4 aliphatic carbocycles. The number of aryl methyl sites for hydroxylation is 3. The Morgan fingerprint density at radius 2 is 1.21 bits per heavy atom. The number of sulfonamides is 2. The third-order valence-corrected chi connectivity index (χ3v) is 15.6. The number of anilines is 2. The Morgan fingerprint density at radius 1 is 0.651 bits per heavy atom. The number of nitrogens with zero attached hydrogens (tertiary/aromatic N) is 4. The van der Waals surface area contributed by atoms with Crippen molar-refractivity contribution in [3.05, 3.63) is 152 Å². The van der Waals surface area contributed by atoms with E-state index in [9.17, 15) is 26.4 Å². The van der Waals surface area contributed by atoms with Crippen LogP contribution in [0.1, 0.15) is 106 Å². The molecular weight excluding hydrogens is 837 g/mol. The minimum atomic E-state index is -4.25. The Morgan fingerprint density at radius 3 is 1.83 bits per heavy atom. The van der Waals surface area contributed by atoms with Crippen molar-refractivity contribution in [3.63, 3.8) is 0 Å². The Balaban J connectivity index is 0.809. The second-order valence-electron chi connectivity index (χ2n) is 17.1. The van der Waals surface area contributed by atoms with E-state index in [1.54, 1.807) is 17.1 Å². The minimum Gasteiger partial charge on any atom is -0.307 e. The van der Waals surface area contributed by atoms with Crippen LogP contribution in [0.25, 0.3) is 0 Å². The number of nitrogens with one attached hydrogen (secondary N) is 4. The Bertz CT molecular complexity index is 2980. The second kappa shape index (κ2) is 16.1. The molecule has 10 rings (SSSR count). The van der Waals surface area contributed by atoms with Crippen LogP contribution in [0.3, 0.4) is 0 Å². The van der Waals surface area contributed by atoms with Crippen LogP contribution in [0, 0.1) is 0 Å². The normalized spacial score (nSPS) is 16.8. The lowest BCUT2D eigenvalue weighted by atomic mass is 9.89. The summed E-state index contributed by atoms with van der Waals surface area (Å²) in [5.41, 5.74) is 13.5. The highest BCUT2D eigenvalue weighted by atomic mass is 32.2. The molecule has 6 aromatic rings. The van der Waals surface area contributed by atoms with Crippen LogP contribution in [0.15, 0.2) is 101 Å². The summed E-state index contributed by atoms with van der Waals surface area (Å²) in [6.45, 7) is 2.33. The van der Waals surface area contributed by atoms with Crippen LogP contribution < -0.4 is 20.1 Å². The third kappa shape index (κ3) is 7.90. The quantitative estimate of drug-likeness (QED) is 0.104. The van der Waals surface area contributed by atoms with E-state index in [2.05, 4.69) is 54.5 Å². The van der Waals surface area contributed by atoms with E-state index in [4.69, 9.17) is 0 Å². The summed E-state index contributed by atoms with van der Waals surface area (Å²) in [5, 5.41) is 14.0. The smallest absolute Gasteiger partial charge is 0.307 e. The van der Waals surface area contributed by atoms with Gasteiger partial charge in [-0.2, -0.15) is 27.0 Å². The van der Waals surface area contributed by atoms with E-state index in [1.165, 1.54) is 27.9 Å². The predicted molar refractivity (Wildman–Crippen MR) is 238 cm³/mol. The average Bonchev–Trinajstić information content (AvgIpc) is 4.12. The van der Waals surface area contributed by atoms with Gasteiger partial charge >= 0.3 is 12.1 Å². The maximum atomic E-state index is 13.4. The van der Waals surface area contributed by atoms with Gasteiger partial charge in [-0.15, -0.1) is 0 Å². The van der Waals surface area contributed by atoms with Gasteiger partial charge in [0.15, 0.2) is 10.1 Å². The molecule has 324 valence electrons. The number of amides is 4. The zero-order chi connectivity index (χ0) is 43.5. The van der Waals surface area contributed by atoms with E-state index in [1.807, 2.05) is 49.4 Å². The van der Waals surface area contributed by atoms with Gasteiger partial charge in [0.05, 0.1) is 12.6 Å². The number of aromatic nitrogens is 4. The number of carbonyl (C=O) groups excluding carboxylic acids is 2. The van der Waals surface area contributed by atoms with E-state index in [-0.39, 0.29) is 22.0 Å². The molecule has 4 aromatic carbocycles. The molecule has 0 bridgehead atoms. The lowest BCUT2D eigenvalue weighted by Crippen LogP contribution is -2.35. The summed E-state index contributed by atoms with van der Waals surface area (Å²) >= 11 is 0. The maximum absolute atomic E-state index is 13.4. The Hall–Kier alpha value is -6.26. The van der Waals surface area contributed by atoms with Gasteiger partial charge in [-0.3, -0.25) is 9.36 Å². The zero-order valence-corrected chi connectivity index (χ0v) is 36.5.